The molecule has 0 heterocycles. The first-order chi connectivity index (χ1) is 7.40. The van der Waals surface area contributed by atoms with Crippen LogP contribution < -0.4 is 5.73 Å². The van der Waals surface area contributed by atoms with Crippen molar-refractivity contribution in [1.29, 1.82) is 0 Å². The molecule has 0 aliphatic carbocycles. The third-order valence-electron chi connectivity index (χ3n) is 2.04. The van der Waals surface area contributed by atoms with Crippen molar-refractivity contribution in [3.63, 3.8) is 0 Å². The maximum Gasteiger partial charge on any atom is 0.248 e. The molecule has 0 aromatic carbocycles. The number of hydrogen-bond donors (Lipinski definition) is 1. The molecule has 1 amide bonds. The van der Waals surface area contributed by atoms with Crippen LogP contribution in [0.3, 0.4) is 0 Å². The Hall–Kier alpha value is -0.610. The monoisotopic (exact) mass is 230 g/mol. The van der Waals surface area contributed by atoms with Gasteiger partial charge in [0.1, 0.15) is 6.61 Å². The molecule has 0 saturated carbocycles. The highest BCUT2D eigenvalue weighted by Gasteiger charge is 2.15. The van der Waals surface area contributed by atoms with Gasteiger partial charge in [0.15, 0.2) is 0 Å². The average Bonchev–Trinajstić information content (AvgIpc) is 2.15. The lowest BCUT2D eigenvalue weighted by molar-refractivity contribution is -0.136. The molecule has 0 spiro atoms. The lowest BCUT2D eigenvalue weighted by atomic mass is 10.1. The maximum absolute atomic E-state index is 11.8. The summed E-state index contributed by atoms with van der Waals surface area (Å²) in [6.07, 6.45) is 1.96. The summed E-state index contributed by atoms with van der Waals surface area (Å²) < 4.78 is 5.32. The Bertz CT molecular complexity index is 194. The lowest BCUT2D eigenvalue weighted by Crippen LogP contribution is -2.40. The van der Waals surface area contributed by atoms with Gasteiger partial charge in [-0.2, -0.15) is 0 Å². The van der Waals surface area contributed by atoms with E-state index < -0.39 is 0 Å². The zero-order valence-corrected chi connectivity index (χ0v) is 11.1. The van der Waals surface area contributed by atoms with Gasteiger partial charge in [-0.25, -0.2) is 0 Å². The fourth-order valence-electron chi connectivity index (χ4n) is 1.39. The number of rotatable bonds is 8. The van der Waals surface area contributed by atoms with Gasteiger partial charge in [-0.05, 0) is 26.7 Å². The minimum atomic E-state index is -0.374. The maximum atomic E-state index is 11.8. The molecule has 2 N–H and O–H groups in total. The number of nitrogens with two attached hydrogens (primary N) is 1. The van der Waals surface area contributed by atoms with Crippen molar-refractivity contribution in [1.82, 2.24) is 4.90 Å². The third kappa shape index (κ3) is 7.65. The Labute approximate surface area is 99.1 Å². The molecule has 0 unspecified atom stereocenters. The zero-order valence-electron chi connectivity index (χ0n) is 11.1. The van der Waals surface area contributed by atoms with Crippen LogP contribution in [0.5, 0.6) is 0 Å². The van der Waals surface area contributed by atoms with E-state index in [-0.39, 0.29) is 18.1 Å². The van der Waals surface area contributed by atoms with Crippen LogP contribution in [0.15, 0.2) is 0 Å². The van der Waals surface area contributed by atoms with Gasteiger partial charge in [-0.15, -0.1) is 0 Å². The van der Waals surface area contributed by atoms with E-state index in [1.165, 1.54) is 0 Å². The zero-order chi connectivity index (χ0) is 12.6. The Kier molecular flexibility index (Phi) is 7.34. The molecule has 0 radical (unpaired) electrons. The van der Waals surface area contributed by atoms with E-state index in [2.05, 4.69) is 13.8 Å². The smallest absolute Gasteiger partial charge is 0.248 e. The Morgan fingerprint density at radius 1 is 1.25 bits per heavy atom. The van der Waals surface area contributed by atoms with Crippen molar-refractivity contribution < 1.29 is 9.53 Å². The van der Waals surface area contributed by atoms with Crippen molar-refractivity contribution in [3.05, 3.63) is 0 Å². The van der Waals surface area contributed by atoms with E-state index in [4.69, 9.17) is 10.5 Å². The van der Waals surface area contributed by atoms with E-state index in [9.17, 15) is 4.79 Å². The molecule has 4 nitrogen and oxygen atoms in total. The summed E-state index contributed by atoms with van der Waals surface area (Å²) in [5.74, 6) is 0.0629. The topological polar surface area (TPSA) is 55.6 Å². The Morgan fingerprint density at radius 3 is 2.12 bits per heavy atom. The van der Waals surface area contributed by atoms with Gasteiger partial charge in [0.05, 0.1) is 6.61 Å². The van der Waals surface area contributed by atoms with E-state index in [0.717, 1.165) is 25.9 Å². The minimum Gasteiger partial charge on any atom is -0.370 e. The van der Waals surface area contributed by atoms with Crippen LogP contribution in [0.1, 0.15) is 40.5 Å². The number of hydrogen-bond acceptors (Lipinski definition) is 3. The van der Waals surface area contributed by atoms with Gasteiger partial charge in [-0.1, -0.05) is 13.8 Å². The molecule has 0 saturated heterocycles. The first kappa shape index (κ1) is 15.4. The fourth-order valence-corrected chi connectivity index (χ4v) is 1.39. The number of amides is 1. The molecule has 0 aromatic rings. The summed E-state index contributed by atoms with van der Waals surface area (Å²) in [5.41, 5.74) is 5.39. The molecule has 0 aliphatic heterocycles. The van der Waals surface area contributed by atoms with Crippen LogP contribution in [-0.2, 0) is 9.53 Å². The fraction of sp³-hybridized carbons (Fsp3) is 0.917. The van der Waals surface area contributed by atoms with Crippen molar-refractivity contribution in [2.24, 2.45) is 5.73 Å². The second-order valence-corrected chi connectivity index (χ2v) is 4.86. The van der Waals surface area contributed by atoms with Crippen LogP contribution in [-0.4, -0.2) is 42.6 Å². The van der Waals surface area contributed by atoms with Gasteiger partial charge in [0, 0.05) is 18.6 Å². The predicted molar refractivity (Wildman–Crippen MR) is 66.2 cm³/mol. The number of carbonyl (C=O) groups excluding carboxylic acids is 1. The van der Waals surface area contributed by atoms with Crippen LogP contribution in [0, 0.1) is 0 Å². The summed E-state index contributed by atoms with van der Waals surface area (Å²) >= 11 is 0. The second kappa shape index (κ2) is 7.63. The molecule has 0 rings (SSSR count). The second-order valence-electron chi connectivity index (χ2n) is 4.86. The predicted octanol–water partition coefficient (Wildman–Crippen LogP) is 1.39. The molecule has 0 atom stereocenters. The van der Waals surface area contributed by atoms with Crippen molar-refractivity contribution >= 4 is 5.91 Å². The van der Waals surface area contributed by atoms with Crippen LogP contribution in [0.2, 0.25) is 0 Å². The molecule has 16 heavy (non-hydrogen) atoms. The van der Waals surface area contributed by atoms with Gasteiger partial charge >= 0.3 is 0 Å². The quantitative estimate of drug-likeness (QED) is 0.685. The van der Waals surface area contributed by atoms with Crippen molar-refractivity contribution in [2.75, 3.05) is 26.3 Å². The van der Waals surface area contributed by atoms with Gasteiger partial charge < -0.3 is 15.4 Å². The lowest BCUT2D eigenvalue weighted by Gasteiger charge is -2.23. The molecule has 4 heteroatoms. The first-order valence-electron chi connectivity index (χ1n) is 6.05. The van der Waals surface area contributed by atoms with Gasteiger partial charge in [-0.3, -0.25) is 4.79 Å². The minimum absolute atomic E-state index is 0.0629. The molecule has 96 valence electrons. The van der Waals surface area contributed by atoms with Crippen LogP contribution >= 0.6 is 0 Å². The summed E-state index contributed by atoms with van der Waals surface area (Å²) in [5, 5.41) is 0. The molecular formula is C12H26N2O2. The molecule has 0 aliphatic rings. The van der Waals surface area contributed by atoms with Crippen molar-refractivity contribution in [3.8, 4) is 0 Å². The average molecular weight is 230 g/mol. The number of nitrogens with zero attached hydrogens (tertiary/aromatic N) is 1. The normalized spacial score (nSPS) is 11.6. The summed E-state index contributed by atoms with van der Waals surface area (Å²) in [4.78, 5) is 13.6. The summed E-state index contributed by atoms with van der Waals surface area (Å²) in [7, 11) is 0. The van der Waals surface area contributed by atoms with Gasteiger partial charge in [0.2, 0.25) is 5.91 Å². The van der Waals surface area contributed by atoms with E-state index >= 15 is 0 Å². The van der Waals surface area contributed by atoms with Crippen LogP contribution in [0.4, 0.5) is 0 Å². The van der Waals surface area contributed by atoms with E-state index in [0.29, 0.717) is 6.61 Å². The van der Waals surface area contributed by atoms with Gasteiger partial charge in [0.25, 0.3) is 0 Å². The van der Waals surface area contributed by atoms with E-state index in [1.54, 1.807) is 0 Å². The highest BCUT2D eigenvalue weighted by Crippen LogP contribution is 1.99. The Balaban J connectivity index is 3.91. The largest absolute Gasteiger partial charge is 0.370 e. The van der Waals surface area contributed by atoms with Crippen molar-refractivity contribution in [2.45, 2.75) is 46.1 Å². The first-order valence-corrected chi connectivity index (χ1v) is 6.05. The number of ether oxygens (including phenoxy) is 1. The standard InChI is InChI=1S/C12H26N2O2/c1-5-7-14(8-6-2)11(15)9-16-10-12(3,4)13/h5-10,13H2,1-4H3. The highest BCUT2D eigenvalue weighted by molar-refractivity contribution is 5.77. The summed E-state index contributed by atoms with van der Waals surface area (Å²) in [6, 6.07) is 0. The highest BCUT2D eigenvalue weighted by atomic mass is 16.5. The molecule has 0 aromatic heterocycles. The molecular weight excluding hydrogens is 204 g/mol. The van der Waals surface area contributed by atoms with E-state index in [1.807, 2.05) is 18.7 Å². The SMILES string of the molecule is CCCN(CCC)C(=O)COCC(C)(C)N. The molecule has 0 fully saturated rings. The van der Waals surface area contributed by atoms with Crippen LogP contribution in [0.25, 0.3) is 0 Å². The Morgan fingerprint density at radius 2 is 1.75 bits per heavy atom. The summed E-state index contributed by atoms with van der Waals surface area (Å²) in [6.45, 7) is 10.1. The number of carbonyl (C=O) groups is 1. The third-order valence-corrected chi connectivity index (χ3v) is 2.04. The molecule has 0 bridgehead atoms.